The molecule has 0 unspecified atom stereocenters. The number of hydrogen-bond donors (Lipinski definition) is 2. The maximum Gasteiger partial charge on any atom is 0.263 e. The van der Waals surface area contributed by atoms with Gasteiger partial charge >= 0.3 is 0 Å². The van der Waals surface area contributed by atoms with E-state index in [9.17, 15) is 4.79 Å². The monoisotopic (exact) mass is 269 g/mol. The number of hydrogen-bond acceptors (Lipinski definition) is 5. The quantitative estimate of drug-likeness (QED) is 0.325. The molecule has 0 rings (SSSR count). The van der Waals surface area contributed by atoms with Gasteiger partial charge < -0.3 is 20.1 Å². The number of rotatable bonds is 11. The maximum atomic E-state index is 11.6. The van der Waals surface area contributed by atoms with Crippen LogP contribution in [-0.2, 0) is 14.3 Å². The van der Waals surface area contributed by atoms with Gasteiger partial charge in [-0.2, -0.15) is 5.26 Å². The van der Waals surface area contributed by atoms with Gasteiger partial charge in [-0.15, -0.1) is 0 Å². The van der Waals surface area contributed by atoms with E-state index in [0.717, 1.165) is 12.8 Å². The SMILES string of the molecule is CCOCCCN/C=C(/C#N)C(=O)NCCCOC. The molecule has 108 valence electrons. The van der Waals surface area contributed by atoms with E-state index in [-0.39, 0.29) is 11.5 Å². The summed E-state index contributed by atoms with van der Waals surface area (Å²) in [5.41, 5.74) is 0.0776. The molecule has 0 fully saturated rings. The lowest BCUT2D eigenvalue weighted by Gasteiger charge is -2.05. The fourth-order valence-corrected chi connectivity index (χ4v) is 1.26. The van der Waals surface area contributed by atoms with Gasteiger partial charge in [0.1, 0.15) is 11.6 Å². The summed E-state index contributed by atoms with van der Waals surface area (Å²) < 4.78 is 10.0. The molecule has 0 aliphatic carbocycles. The molecule has 2 N–H and O–H groups in total. The third-order valence-electron chi connectivity index (χ3n) is 2.24. The van der Waals surface area contributed by atoms with Gasteiger partial charge in [-0.25, -0.2) is 0 Å². The number of nitrogens with zero attached hydrogens (tertiary/aromatic N) is 1. The van der Waals surface area contributed by atoms with Crippen LogP contribution in [0.3, 0.4) is 0 Å². The molecule has 19 heavy (non-hydrogen) atoms. The van der Waals surface area contributed by atoms with Crippen LogP contribution < -0.4 is 10.6 Å². The third-order valence-corrected chi connectivity index (χ3v) is 2.24. The Kier molecular flexibility index (Phi) is 11.8. The van der Waals surface area contributed by atoms with Crippen molar-refractivity contribution in [2.75, 3.05) is 40.0 Å². The van der Waals surface area contributed by atoms with Crippen LogP contribution in [0.1, 0.15) is 19.8 Å². The Balaban J connectivity index is 3.84. The zero-order valence-electron chi connectivity index (χ0n) is 11.7. The van der Waals surface area contributed by atoms with Crippen molar-refractivity contribution in [3.05, 3.63) is 11.8 Å². The van der Waals surface area contributed by atoms with Crippen molar-refractivity contribution in [2.45, 2.75) is 19.8 Å². The van der Waals surface area contributed by atoms with Crippen LogP contribution in [0, 0.1) is 11.3 Å². The van der Waals surface area contributed by atoms with Gasteiger partial charge in [-0.1, -0.05) is 0 Å². The number of methoxy groups -OCH3 is 1. The first kappa shape index (κ1) is 17.4. The van der Waals surface area contributed by atoms with Gasteiger partial charge in [-0.05, 0) is 19.8 Å². The molecule has 0 bridgehead atoms. The average molecular weight is 269 g/mol. The van der Waals surface area contributed by atoms with Gasteiger partial charge in [0.2, 0.25) is 0 Å². The maximum absolute atomic E-state index is 11.6. The molecule has 0 aliphatic heterocycles. The van der Waals surface area contributed by atoms with Crippen molar-refractivity contribution < 1.29 is 14.3 Å². The van der Waals surface area contributed by atoms with Crippen molar-refractivity contribution in [1.82, 2.24) is 10.6 Å². The predicted molar refractivity (Wildman–Crippen MR) is 72.3 cm³/mol. The molecule has 0 saturated carbocycles. The van der Waals surface area contributed by atoms with Crippen LogP contribution in [0.4, 0.5) is 0 Å². The standard InChI is InChI=1S/C13H23N3O3/c1-3-19-9-4-6-15-11-12(10-14)13(17)16-7-5-8-18-2/h11,15H,3-9H2,1-2H3,(H,16,17)/b12-11-. The Morgan fingerprint density at radius 1 is 1.32 bits per heavy atom. The number of nitrogens with one attached hydrogen (secondary N) is 2. The van der Waals surface area contributed by atoms with E-state index in [1.165, 1.54) is 6.20 Å². The van der Waals surface area contributed by atoms with Crippen LogP contribution in [0.15, 0.2) is 11.8 Å². The van der Waals surface area contributed by atoms with E-state index >= 15 is 0 Å². The predicted octanol–water partition coefficient (Wildman–Crippen LogP) is 0.563. The fraction of sp³-hybridized carbons (Fsp3) is 0.692. The zero-order valence-corrected chi connectivity index (χ0v) is 11.7. The summed E-state index contributed by atoms with van der Waals surface area (Å²) in [4.78, 5) is 11.6. The molecular weight excluding hydrogens is 246 g/mol. The molecule has 0 spiro atoms. The molecule has 0 atom stereocenters. The van der Waals surface area contributed by atoms with Crippen molar-refractivity contribution in [3.63, 3.8) is 0 Å². The van der Waals surface area contributed by atoms with Crippen LogP contribution >= 0.6 is 0 Å². The van der Waals surface area contributed by atoms with Gasteiger partial charge in [0.25, 0.3) is 5.91 Å². The summed E-state index contributed by atoms with van der Waals surface area (Å²) in [6.45, 7) is 5.06. The second kappa shape index (κ2) is 12.9. The van der Waals surface area contributed by atoms with Crippen molar-refractivity contribution in [3.8, 4) is 6.07 Å². The molecule has 0 aromatic heterocycles. The molecule has 6 nitrogen and oxygen atoms in total. The highest BCUT2D eigenvalue weighted by molar-refractivity contribution is 5.97. The average Bonchev–Trinajstić information content (AvgIpc) is 2.42. The topological polar surface area (TPSA) is 83.4 Å². The largest absolute Gasteiger partial charge is 0.390 e. The Bertz CT molecular complexity index is 311. The second-order valence-electron chi connectivity index (χ2n) is 3.78. The van der Waals surface area contributed by atoms with E-state index < -0.39 is 0 Å². The van der Waals surface area contributed by atoms with Gasteiger partial charge in [-0.3, -0.25) is 4.79 Å². The first-order valence-electron chi connectivity index (χ1n) is 6.44. The van der Waals surface area contributed by atoms with Crippen LogP contribution in [-0.4, -0.2) is 45.9 Å². The molecule has 0 aromatic rings. The highest BCUT2D eigenvalue weighted by Crippen LogP contribution is 1.91. The molecule has 0 radical (unpaired) electrons. The van der Waals surface area contributed by atoms with Crippen molar-refractivity contribution >= 4 is 5.91 Å². The molecule has 0 aromatic carbocycles. The van der Waals surface area contributed by atoms with E-state index in [1.807, 2.05) is 13.0 Å². The van der Waals surface area contributed by atoms with Gasteiger partial charge in [0.15, 0.2) is 0 Å². The van der Waals surface area contributed by atoms with Crippen LogP contribution in [0.25, 0.3) is 0 Å². The normalized spacial score (nSPS) is 10.9. The van der Waals surface area contributed by atoms with Crippen LogP contribution in [0.2, 0.25) is 0 Å². The Hall–Kier alpha value is -1.58. The lowest BCUT2D eigenvalue weighted by atomic mass is 10.3. The van der Waals surface area contributed by atoms with Crippen molar-refractivity contribution in [1.29, 1.82) is 5.26 Å². The highest BCUT2D eigenvalue weighted by Gasteiger charge is 2.07. The molecule has 1 amide bonds. The van der Waals surface area contributed by atoms with Crippen LogP contribution in [0.5, 0.6) is 0 Å². The number of nitriles is 1. The van der Waals surface area contributed by atoms with E-state index in [4.69, 9.17) is 14.7 Å². The Morgan fingerprint density at radius 2 is 2.05 bits per heavy atom. The number of carbonyl (C=O) groups excluding carboxylic acids is 1. The summed E-state index contributed by atoms with van der Waals surface area (Å²) in [6.07, 6.45) is 3.00. The summed E-state index contributed by atoms with van der Waals surface area (Å²) in [6, 6.07) is 1.87. The molecular formula is C13H23N3O3. The number of ether oxygens (including phenoxy) is 2. The smallest absolute Gasteiger partial charge is 0.263 e. The molecule has 0 heterocycles. The van der Waals surface area contributed by atoms with Crippen molar-refractivity contribution in [2.24, 2.45) is 0 Å². The highest BCUT2D eigenvalue weighted by atomic mass is 16.5. The summed E-state index contributed by atoms with van der Waals surface area (Å²) in [7, 11) is 1.61. The minimum atomic E-state index is -0.365. The minimum Gasteiger partial charge on any atom is -0.390 e. The Labute approximate surface area is 114 Å². The summed E-state index contributed by atoms with van der Waals surface area (Å²) >= 11 is 0. The van der Waals surface area contributed by atoms with Gasteiger partial charge in [0, 0.05) is 46.2 Å². The Morgan fingerprint density at radius 3 is 2.68 bits per heavy atom. The first-order chi connectivity index (χ1) is 9.26. The molecule has 6 heteroatoms. The summed E-state index contributed by atoms with van der Waals surface area (Å²) in [5.74, 6) is -0.365. The molecule has 0 aliphatic rings. The molecule has 0 saturated heterocycles. The number of amides is 1. The summed E-state index contributed by atoms with van der Waals surface area (Å²) in [5, 5.41) is 14.5. The lowest BCUT2D eigenvalue weighted by molar-refractivity contribution is -0.117. The minimum absolute atomic E-state index is 0.0776. The first-order valence-corrected chi connectivity index (χ1v) is 6.44. The van der Waals surface area contributed by atoms with Gasteiger partial charge in [0.05, 0.1) is 0 Å². The fourth-order valence-electron chi connectivity index (χ4n) is 1.26. The van der Waals surface area contributed by atoms with E-state index in [2.05, 4.69) is 10.6 Å². The van der Waals surface area contributed by atoms with E-state index in [0.29, 0.717) is 32.9 Å². The number of carbonyl (C=O) groups is 1. The zero-order chi connectivity index (χ0) is 14.3. The third kappa shape index (κ3) is 10.1. The second-order valence-corrected chi connectivity index (χ2v) is 3.78. The van der Waals surface area contributed by atoms with E-state index in [1.54, 1.807) is 7.11 Å². The lowest BCUT2D eigenvalue weighted by Crippen LogP contribution is -2.27.